The molecule has 0 spiro atoms. The van der Waals surface area contributed by atoms with Crippen molar-refractivity contribution in [3.8, 4) is 5.75 Å². The molecule has 1 atom stereocenters. The number of benzene rings is 1. The first-order valence-electron chi connectivity index (χ1n) is 9.05. The Kier molecular flexibility index (Phi) is 7.67. The van der Waals surface area contributed by atoms with Crippen LogP contribution in [0.25, 0.3) is 0 Å². The third-order valence-electron chi connectivity index (χ3n) is 4.15. The van der Waals surface area contributed by atoms with Gasteiger partial charge in [-0.1, -0.05) is 17.7 Å². The Morgan fingerprint density at radius 2 is 1.90 bits per heavy atom. The maximum absolute atomic E-state index is 12.7. The van der Waals surface area contributed by atoms with Crippen molar-refractivity contribution in [2.45, 2.75) is 46.6 Å². The van der Waals surface area contributed by atoms with Crippen LogP contribution in [0.15, 0.2) is 24.3 Å². The van der Waals surface area contributed by atoms with Gasteiger partial charge in [0.1, 0.15) is 18.1 Å². The Balaban J connectivity index is 2.17. The monoisotopic (exact) mass is 424 g/mol. The van der Waals surface area contributed by atoms with Crippen LogP contribution in [0.4, 0.5) is 8.78 Å². The van der Waals surface area contributed by atoms with E-state index in [0.717, 1.165) is 0 Å². The molecule has 29 heavy (non-hydrogen) atoms. The smallest absolute Gasteiger partial charge is 0.272 e. The van der Waals surface area contributed by atoms with Gasteiger partial charge >= 0.3 is 0 Å². The minimum atomic E-state index is -2.60. The highest BCUT2D eigenvalue weighted by Crippen LogP contribution is 2.32. The molecule has 8 heteroatoms. The van der Waals surface area contributed by atoms with Crippen molar-refractivity contribution in [2.24, 2.45) is 0 Å². The van der Waals surface area contributed by atoms with Crippen molar-refractivity contribution in [3.63, 3.8) is 0 Å². The molecule has 0 bridgehead atoms. The van der Waals surface area contributed by atoms with E-state index in [-0.39, 0.29) is 28.9 Å². The molecule has 0 saturated carbocycles. The summed E-state index contributed by atoms with van der Waals surface area (Å²) in [6, 6.07) is 6.16. The first-order chi connectivity index (χ1) is 13.6. The van der Waals surface area contributed by atoms with Crippen LogP contribution < -0.4 is 10.1 Å². The summed E-state index contributed by atoms with van der Waals surface area (Å²) in [4.78, 5) is 28.3. The number of carbonyl (C=O) groups is 2. The normalized spacial score (nSPS) is 12.0. The average molecular weight is 425 g/mol. The molecular weight excluding hydrogens is 402 g/mol. The Morgan fingerprint density at radius 1 is 1.21 bits per heavy atom. The minimum Gasteiger partial charge on any atom is -0.486 e. The summed E-state index contributed by atoms with van der Waals surface area (Å²) < 4.78 is 29.8. The first kappa shape index (κ1) is 22.7. The number of halogens is 3. The van der Waals surface area contributed by atoms with Crippen LogP contribution in [0.5, 0.6) is 5.75 Å². The van der Waals surface area contributed by atoms with Crippen LogP contribution in [0, 0.1) is 13.8 Å². The van der Waals surface area contributed by atoms with Crippen molar-refractivity contribution < 1.29 is 23.1 Å². The lowest BCUT2D eigenvalue weighted by molar-refractivity contribution is -0.116. The molecule has 2 rings (SSSR count). The fourth-order valence-electron chi connectivity index (χ4n) is 2.91. The number of rotatable bonds is 8. The molecule has 1 unspecified atom stereocenters. The molecule has 0 aliphatic heterocycles. The number of nitrogens with zero attached hydrogens (tertiary/aromatic N) is 1. The number of amides is 1. The van der Waals surface area contributed by atoms with E-state index >= 15 is 0 Å². The molecule has 2 aromatic rings. The number of Topliss-reactive ketones (excluding diaryl/α,β-unsaturated/α-hetero) is 1. The number of carbonyl (C=O) groups excluding carboxylic acids is 2. The summed E-state index contributed by atoms with van der Waals surface area (Å²) in [5.41, 5.74) is 2.88. The second kappa shape index (κ2) is 9.78. The van der Waals surface area contributed by atoms with E-state index < -0.39 is 19.1 Å². The second-order valence-electron chi connectivity index (χ2n) is 6.91. The van der Waals surface area contributed by atoms with Crippen LogP contribution in [-0.4, -0.2) is 29.7 Å². The van der Waals surface area contributed by atoms with Crippen molar-refractivity contribution in [3.05, 3.63) is 57.4 Å². The lowest BCUT2D eigenvalue weighted by Crippen LogP contribution is -2.27. The fraction of sp³-hybridized carbons (Fsp3) is 0.381. The second-order valence-corrected chi connectivity index (χ2v) is 7.32. The SMILES string of the molecule is CC(=O)Cc1cc(C(=O)NC(C)c2cc(C)c(OCC(F)F)c(Cl)c2)cc(C)n1. The molecule has 0 fully saturated rings. The van der Waals surface area contributed by atoms with E-state index in [1.165, 1.54) is 6.92 Å². The van der Waals surface area contributed by atoms with Crippen molar-refractivity contribution in [1.29, 1.82) is 0 Å². The zero-order chi connectivity index (χ0) is 21.7. The van der Waals surface area contributed by atoms with Gasteiger partial charge in [0.15, 0.2) is 0 Å². The number of ketones is 1. The largest absolute Gasteiger partial charge is 0.486 e. The summed E-state index contributed by atoms with van der Waals surface area (Å²) in [6.07, 6.45) is -2.44. The lowest BCUT2D eigenvalue weighted by atomic mass is 10.0. The number of hydrogen-bond donors (Lipinski definition) is 1. The van der Waals surface area contributed by atoms with E-state index in [1.807, 2.05) is 0 Å². The van der Waals surface area contributed by atoms with Gasteiger partial charge in [0.25, 0.3) is 12.3 Å². The molecular formula is C21H23ClF2N2O3. The van der Waals surface area contributed by atoms with Crippen LogP contribution in [-0.2, 0) is 11.2 Å². The quantitative estimate of drug-likeness (QED) is 0.671. The number of aryl methyl sites for hydroxylation is 2. The molecule has 0 aliphatic rings. The maximum atomic E-state index is 12.7. The summed E-state index contributed by atoms with van der Waals surface area (Å²) in [5.74, 6) is -0.158. The molecule has 1 N–H and O–H groups in total. The summed E-state index contributed by atoms with van der Waals surface area (Å²) in [7, 11) is 0. The van der Waals surface area contributed by atoms with Gasteiger partial charge in [0.05, 0.1) is 11.1 Å². The maximum Gasteiger partial charge on any atom is 0.272 e. The van der Waals surface area contributed by atoms with Gasteiger partial charge in [0, 0.05) is 23.4 Å². The van der Waals surface area contributed by atoms with Gasteiger partial charge in [-0.05, 0) is 57.0 Å². The molecule has 0 radical (unpaired) electrons. The van der Waals surface area contributed by atoms with Gasteiger partial charge in [0.2, 0.25) is 0 Å². The molecule has 1 heterocycles. The first-order valence-corrected chi connectivity index (χ1v) is 9.43. The standard InChI is InChI=1S/C21H23ClF2N2O3/c1-11-5-15(9-18(22)20(11)29-10-19(23)24)14(4)26-21(28)16-6-12(2)25-17(8-16)7-13(3)27/h5-6,8-9,14,19H,7,10H2,1-4H3,(H,26,28). The molecule has 5 nitrogen and oxygen atoms in total. The van der Waals surface area contributed by atoms with Gasteiger partial charge < -0.3 is 10.1 Å². The van der Waals surface area contributed by atoms with E-state index in [1.54, 1.807) is 45.0 Å². The van der Waals surface area contributed by atoms with E-state index in [0.29, 0.717) is 28.1 Å². The fourth-order valence-corrected chi connectivity index (χ4v) is 3.24. The Hall–Kier alpha value is -2.54. The molecule has 1 aromatic carbocycles. The van der Waals surface area contributed by atoms with E-state index in [4.69, 9.17) is 16.3 Å². The summed E-state index contributed by atoms with van der Waals surface area (Å²) >= 11 is 6.18. The van der Waals surface area contributed by atoms with Gasteiger partial charge in [-0.3, -0.25) is 14.6 Å². The predicted molar refractivity (Wildman–Crippen MR) is 107 cm³/mol. The van der Waals surface area contributed by atoms with Crippen molar-refractivity contribution in [2.75, 3.05) is 6.61 Å². The van der Waals surface area contributed by atoms with Crippen molar-refractivity contribution >= 4 is 23.3 Å². The zero-order valence-electron chi connectivity index (χ0n) is 16.7. The molecule has 0 saturated heterocycles. The number of aromatic nitrogens is 1. The van der Waals surface area contributed by atoms with Gasteiger partial charge in [-0.2, -0.15) is 0 Å². The third kappa shape index (κ3) is 6.49. The Morgan fingerprint density at radius 3 is 2.48 bits per heavy atom. The molecule has 0 aliphatic carbocycles. The third-order valence-corrected chi connectivity index (χ3v) is 4.43. The van der Waals surface area contributed by atoms with Crippen molar-refractivity contribution in [1.82, 2.24) is 10.3 Å². The highest BCUT2D eigenvalue weighted by molar-refractivity contribution is 6.32. The Bertz CT molecular complexity index is 896. The predicted octanol–water partition coefficient (Wildman–Crippen LogP) is 4.62. The van der Waals surface area contributed by atoms with Crippen LogP contribution >= 0.6 is 11.6 Å². The minimum absolute atomic E-state index is 0.0397. The Labute approximate surface area is 173 Å². The average Bonchev–Trinajstić information content (AvgIpc) is 2.59. The number of nitrogens with one attached hydrogen (secondary N) is 1. The molecule has 156 valence electrons. The highest BCUT2D eigenvalue weighted by Gasteiger charge is 2.17. The number of pyridine rings is 1. The molecule has 1 aromatic heterocycles. The van der Waals surface area contributed by atoms with Crippen LogP contribution in [0.2, 0.25) is 5.02 Å². The van der Waals surface area contributed by atoms with E-state index in [9.17, 15) is 18.4 Å². The van der Waals surface area contributed by atoms with Crippen LogP contribution in [0.1, 0.15) is 52.8 Å². The van der Waals surface area contributed by atoms with Crippen LogP contribution in [0.3, 0.4) is 0 Å². The highest BCUT2D eigenvalue weighted by atomic mass is 35.5. The lowest BCUT2D eigenvalue weighted by Gasteiger charge is -2.18. The summed E-state index contributed by atoms with van der Waals surface area (Å²) in [6.45, 7) is 5.96. The van der Waals surface area contributed by atoms with Gasteiger partial charge in [-0.15, -0.1) is 0 Å². The number of alkyl halides is 2. The number of hydrogen-bond acceptors (Lipinski definition) is 4. The topological polar surface area (TPSA) is 68.3 Å². The zero-order valence-corrected chi connectivity index (χ0v) is 17.4. The van der Waals surface area contributed by atoms with Gasteiger partial charge in [-0.25, -0.2) is 8.78 Å². The van der Waals surface area contributed by atoms with E-state index in [2.05, 4.69) is 10.3 Å². The summed E-state index contributed by atoms with van der Waals surface area (Å²) in [5, 5.41) is 3.07. The molecule has 1 amide bonds. The number of ether oxygens (including phenoxy) is 1.